The van der Waals surface area contributed by atoms with Gasteiger partial charge in [-0.15, -0.1) is 12.4 Å². The zero-order chi connectivity index (χ0) is 15.2. The maximum absolute atomic E-state index is 11.9. The van der Waals surface area contributed by atoms with Crippen molar-refractivity contribution in [2.24, 2.45) is 5.73 Å². The molecule has 0 bridgehead atoms. The van der Waals surface area contributed by atoms with E-state index in [1.165, 1.54) is 0 Å². The fraction of sp³-hybridized carbons (Fsp3) is 0.917. The van der Waals surface area contributed by atoms with Crippen molar-refractivity contribution in [3.8, 4) is 0 Å². The maximum Gasteiger partial charge on any atom is 0.237 e. The van der Waals surface area contributed by atoms with Crippen molar-refractivity contribution in [3.63, 3.8) is 0 Å². The summed E-state index contributed by atoms with van der Waals surface area (Å²) in [6.07, 6.45) is 1.76. The molecule has 0 saturated carbocycles. The van der Waals surface area contributed by atoms with Gasteiger partial charge in [-0.2, -0.15) is 0 Å². The lowest BCUT2D eigenvalue weighted by Crippen LogP contribution is -2.49. The molecule has 0 spiro atoms. The lowest BCUT2D eigenvalue weighted by molar-refractivity contribution is -0.131. The second-order valence-electron chi connectivity index (χ2n) is 5.30. The number of nitrogens with zero attached hydrogens (tertiary/aromatic N) is 1. The molecule has 1 amide bonds. The van der Waals surface area contributed by atoms with Crippen LogP contribution in [0.2, 0.25) is 0 Å². The summed E-state index contributed by atoms with van der Waals surface area (Å²) in [6, 6.07) is -0.0104. The van der Waals surface area contributed by atoms with Gasteiger partial charge in [-0.25, -0.2) is 13.1 Å². The molecular weight excluding hydrogens is 318 g/mol. The van der Waals surface area contributed by atoms with E-state index in [-0.39, 0.29) is 49.4 Å². The molecule has 1 unspecified atom stereocenters. The van der Waals surface area contributed by atoms with Gasteiger partial charge in [0.25, 0.3) is 0 Å². The van der Waals surface area contributed by atoms with Crippen LogP contribution in [0.5, 0.6) is 0 Å². The van der Waals surface area contributed by atoms with Gasteiger partial charge in [-0.3, -0.25) is 4.79 Å². The number of sulfonamides is 1. The number of carbonyl (C=O) groups is 1. The quantitative estimate of drug-likeness (QED) is 0.661. The molecule has 0 aromatic carbocycles. The van der Waals surface area contributed by atoms with Gasteiger partial charge in [0.1, 0.15) is 0 Å². The van der Waals surface area contributed by atoms with Crippen LogP contribution in [0.25, 0.3) is 0 Å². The molecule has 126 valence electrons. The summed E-state index contributed by atoms with van der Waals surface area (Å²) in [5, 5.41) is 0. The van der Waals surface area contributed by atoms with E-state index in [9.17, 15) is 13.2 Å². The minimum Gasteiger partial charge on any atom is -0.378 e. The molecule has 21 heavy (non-hydrogen) atoms. The molecule has 0 radical (unpaired) electrons. The molecule has 1 aliphatic heterocycles. The number of rotatable bonds is 7. The van der Waals surface area contributed by atoms with Crippen molar-refractivity contribution in [2.45, 2.75) is 38.8 Å². The molecule has 1 aliphatic rings. The Kier molecular flexibility index (Phi) is 9.39. The van der Waals surface area contributed by atoms with E-state index < -0.39 is 10.0 Å². The van der Waals surface area contributed by atoms with Crippen LogP contribution in [-0.2, 0) is 19.6 Å². The Labute approximate surface area is 133 Å². The van der Waals surface area contributed by atoms with Crippen LogP contribution in [-0.4, -0.2) is 63.4 Å². The fourth-order valence-electron chi connectivity index (χ4n) is 1.99. The van der Waals surface area contributed by atoms with Crippen LogP contribution in [0.1, 0.15) is 26.7 Å². The highest BCUT2D eigenvalue weighted by atomic mass is 35.5. The van der Waals surface area contributed by atoms with Crippen molar-refractivity contribution in [3.05, 3.63) is 0 Å². The van der Waals surface area contributed by atoms with E-state index in [4.69, 9.17) is 10.5 Å². The third-order valence-electron chi connectivity index (χ3n) is 3.06. The van der Waals surface area contributed by atoms with Crippen LogP contribution < -0.4 is 10.5 Å². The van der Waals surface area contributed by atoms with Gasteiger partial charge >= 0.3 is 0 Å². The largest absolute Gasteiger partial charge is 0.378 e. The average molecular weight is 344 g/mol. The Hall–Kier alpha value is -0.410. The van der Waals surface area contributed by atoms with Gasteiger partial charge in [0.2, 0.25) is 15.9 Å². The SMILES string of the molecule is CC(C)OCCS(=O)(=O)NCC(=O)N1CCCC(N)C1.Cl. The van der Waals surface area contributed by atoms with Crippen molar-refractivity contribution >= 4 is 28.3 Å². The Bertz CT molecular complexity index is 417. The smallest absolute Gasteiger partial charge is 0.237 e. The highest BCUT2D eigenvalue weighted by molar-refractivity contribution is 7.89. The number of halogens is 1. The summed E-state index contributed by atoms with van der Waals surface area (Å²) >= 11 is 0. The van der Waals surface area contributed by atoms with Gasteiger partial charge in [0.15, 0.2) is 0 Å². The molecule has 0 aromatic heterocycles. The molecule has 0 aromatic rings. The number of amides is 1. The number of ether oxygens (including phenoxy) is 1. The van der Waals surface area contributed by atoms with Crippen LogP contribution in [0.15, 0.2) is 0 Å². The molecule has 1 saturated heterocycles. The molecule has 7 nitrogen and oxygen atoms in total. The summed E-state index contributed by atoms with van der Waals surface area (Å²) in [6.45, 7) is 4.72. The molecule has 1 rings (SSSR count). The van der Waals surface area contributed by atoms with Gasteiger partial charge in [0, 0.05) is 19.1 Å². The predicted molar refractivity (Wildman–Crippen MR) is 83.9 cm³/mol. The first-order valence-corrected chi connectivity index (χ1v) is 8.57. The monoisotopic (exact) mass is 343 g/mol. The van der Waals surface area contributed by atoms with Gasteiger partial charge < -0.3 is 15.4 Å². The minimum absolute atomic E-state index is 0. The topological polar surface area (TPSA) is 102 Å². The number of nitrogens with two attached hydrogens (primary N) is 1. The number of hydrogen-bond donors (Lipinski definition) is 2. The Balaban J connectivity index is 0.00000400. The molecule has 1 atom stereocenters. The second-order valence-corrected chi connectivity index (χ2v) is 7.23. The fourth-order valence-corrected chi connectivity index (χ4v) is 2.79. The van der Waals surface area contributed by atoms with Crippen molar-refractivity contribution in [1.82, 2.24) is 9.62 Å². The standard InChI is InChI=1S/C12H25N3O4S.ClH/c1-10(2)19-6-7-20(17,18)14-8-12(16)15-5-3-4-11(13)9-15;/h10-11,14H,3-9,13H2,1-2H3;1H. The first kappa shape index (κ1) is 20.6. The lowest BCUT2D eigenvalue weighted by Gasteiger charge is -2.30. The van der Waals surface area contributed by atoms with E-state index in [1.807, 2.05) is 13.8 Å². The zero-order valence-electron chi connectivity index (χ0n) is 12.6. The number of nitrogens with one attached hydrogen (secondary N) is 1. The number of carbonyl (C=O) groups excluding carboxylic acids is 1. The third-order valence-corrected chi connectivity index (χ3v) is 4.35. The summed E-state index contributed by atoms with van der Waals surface area (Å²) < 4.78 is 30.8. The highest BCUT2D eigenvalue weighted by Crippen LogP contribution is 2.07. The van der Waals surface area contributed by atoms with Crippen LogP contribution >= 0.6 is 12.4 Å². The van der Waals surface area contributed by atoms with Crippen LogP contribution in [0.3, 0.4) is 0 Å². The normalized spacial score (nSPS) is 19.4. The zero-order valence-corrected chi connectivity index (χ0v) is 14.2. The van der Waals surface area contributed by atoms with E-state index >= 15 is 0 Å². The first-order valence-electron chi connectivity index (χ1n) is 6.92. The molecule has 9 heteroatoms. The number of hydrogen-bond acceptors (Lipinski definition) is 5. The van der Waals surface area contributed by atoms with E-state index in [2.05, 4.69) is 4.72 Å². The van der Waals surface area contributed by atoms with Crippen molar-refractivity contribution < 1.29 is 17.9 Å². The Morgan fingerprint density at radius 2 is 2.14 bits per heavy atom. The van der Waals surface area contributed by atoms with Crippen LogP contribution in [0.4, 0.5) is 0 Å². The summed E-state index contributed by atoms with van der Waals surface area (Å²) in [5.41, 5.74) is 5.79. The molecular formula is C12H26ClN3O4S. The first-order chi connectivity index (χ1) is 9.30. The van der Waals surface area contributed by atoms with Gasteiger partial charge in [0.05, 0.1) is 25.0 Å². The average Bonchev–Trinajstić information content (AvgIpc) is 2.35. The highest BCUT2D eigenvalue weighted by Gasteiger charge is 2.22. The summed E-state index contributed by atoms with van der Waals surface area (Å²) in [4.78, 5) is 13.5. The van der Waals surface area contributed by atoms with Crippen molar-refractivity contribution in [1.29, 1.82) is 0 Å². The number of likely N-dealkylation sites (tertiary alicyclic amines) is 1. The maximum atomic E-state index is 11.9. The molecule has 0 aliphatic carbocycles. The van der Waals surface area contributed by atoms with Crippen molar-refractivity contribution in [2.75, 3.05) is 32.0 Å². The molecule has 1 fully saturated rings. The van der Waals surface area contributed by atoms with Crippen LogP contribution in [0, 0.1) is 0 Å². The molecule has 3 N–H and O–H groups in total. The van der Waals surface area contributed by atoms with Gasteiger partial charge in [-0.1, -0.05) is 0 Å². The number of piperidine rings is 1. The van der Waals surface area contributed by atoms with Gasteiger partial charge in [-0.05, 0) is 26.7 Å². The lowest BCUT2D eigenvalue weighted by atomic mass is 10.1. The predicted octanol–water partition coefficient (Wildman–Crippen LogP) is -0.298. The minimum atomic E-state index is -3.48. The second kappa shape index (κ2) is 9.58. The summed E-state index contributed by atoms with van der Waals surface area (Å²) in [7, 11) is -3.48. The Morgan fingerprint density at radius 1 is 1.48 bits per heavy atom. The molecule has 1 heterocycles. The van der Waals surface area contributed by atoms with E-state index in [1.54, 1.807) is 4.90 Å². The Morgan fingerprint density at radius 3 is 2.71 bits per heavy atom. The van der Waals surface area contributed by atoms with E-state index in [0.29, 0.717) is 13.1 Å². The third kappa shape index (κ3) is 8.57. The summed E-state index contributed by atoms with van der Waals surface area (Å²) in [5.74, 6) is -0.369. The van der Waals surface area contributed by atoms with E-state index in [0.717, 1.165) is 12.8 Å².